The molecule has 4 rings (SSSR count). The highest BCUT2D eigenvalue weighted by Crippen LogP contribution is 2.24. The summed E-state index contributed by atoms with van der Waals surface area (Å²) in [6, 6.07) is 11.4. The number of hydrogen-bond donors (Lipinski definition) is 1. The number of anilines is 1. The molecular weight excluding hydrogens is 390 g/mol. The Balaban J connectivity index is 1.78. The van der Waals surface area contributed by atoms with Gasteiger partial charge in [0.15, 0.2) is 5.88 Å². The summed E-state index contributed by atoms with van der Waals surface area (Å²) in [5.74, 6) is 1.02. The van der Waals surface area contributed by atoms with Crippen molar-refractivity contribution >= 4 is 28.5 Å². The van der Waals surface area contributed by atoms with E-state index in [9.17, 15) is 4.79 Å². The van der Waals surface area contributed by atoms with Crippen LogP contribution in [0.5, 0.6) is 0 Å². The highest BCUT2D eigenvalue weighted by molar-refractivity contribution is 6.04. The molecule has 7 nitrogen and oxygen atoms in total. The van der Waals surface area contributed by atoms with Crippen molar-refractivity contribution in [3.8, 4) is 0 Å². The van der Waals surface area contributed by atoms with Gasteiger partial charge < -0.3 is 14.2 Å². The molecule has 31 heavy (non-hydrogen) atoms. The third-order valence-electron chi connectivity index (χ3n) is 5.28. The average Bonchev–Trinajstić information content (AvgIpc) is 3.11. The van der Waals surface area contributed by atoms with Crippen LogP contribution in [0.3, 0.4) is 0 Å². The zero-order valence-electron chi connectivity index (χ0n) is 18.0. The molecule has 0 radical (unpaired) electrons. The van der Waals surface area contributed by atoms with Crippen LogP contribution in [0, 0.1) is 0 Å². The minimum atomic E-state index is -0.231. The van der Waals surface area contributed by atoms with Gasteiger partial charge in [-0.25, -0.2) is 4.98 Å². The molecule has 1 aliphatic rings. The minimum Gasteiger partial charge on any atom is -0.479 e. The third-order valence-corrected chi connectivity index (χ3v) is 5.28. The quantitative estimate of drug-likeness (QED) is 0.673. The maximum absolute atomic E-state index is 13.1. The average molecular weight is 418 g/mol. The number of aromatic nitrogens is 3. The van der Waals surface area contributed by atoms with Crippen LogP contribution in [-0.4, -0.2) is 46.0 Å². The first-order valence-electron chi connectivity index (χ1n) is 10.5. The number of hydrogen-bond acceptors (Lipinski definition) is 5. The van der Waals surface area contributed by atoms with Gasteiger partial charge in [-0.2, -0.15) is 0 Å². The van der Waals surface area contributed by atoms with Crippen molar-refractivity contribution < 1.29 is 9.53 Å². The van der Waals surface area contributed by atoms with E-state index in [1.165, 1.54) is 0 Å². The number of benzene rings is 1. The molecule has 0 atom stereocenters. The predicted octanol–water partition coefficient (Wildman–Crippen LogP) is 4.30. The molecule has 1 aliphatic heterocycles. The van der Waals surface area contributed by atoms with E-state index in [-0.39, 0.29) is 5.91 Å². The molecular formula is C24H27N5O2. The number of aryl methyl sites for hydroxylation is 1. The molecule has 2 bridgehead atoms. The molecule has 0 saturated heterocycles. The second-order valence-electron chi connectivity index (χ2n) is 7.69. The Hall–Kier alpha value is -3.61. The van der Waals surface area contributed by atoms with Crippen molar-refractivity contribution in [2.75, 3.05) is 26.0 Å². The van der Waals surface area contributed by atoms with E-state index in [1.54, 1.807) is 24.4 Å². The molecule has 0 fully saturated rings. The van der Waals surface area contributed by atoms with Crippen molar-refractivity contribution in [3.63, 3.8) is 0 Å². The van der Waals surface area contributed by atoms with E-state index >= 15 is 0 Å². The zero-order chi connectivity index (χ0) is 21.8. The number of rotatable bonds is 2. The van der Waals surface area contributed by atoms with Crippen molar-refractivity contribution in [1.82, 2.24) is 19.4 Å². The standard InChI is InChI=1S/C24H27N5O2/c1-4-18-20-16-17(12-13-25-20)22(30)27-24-26-19-10-6-7-11-21(19)29(24)14-8-5-9-15-31-23(18)28(2)3/h4,6-7,10-13,16H,1,5,8-9,14-15H2,2-3H3,(H,26,27,30). The molecule has 160 valence electrons. The van der Waals surface area contributed by atoms with Crippen LogP contribution in [0.25, 0.3) is 16.6 Å². The van der Waals surface area contributed by atoms with E-state index < -0.39 is 0 Å². The fourth-order valence-electron chi connectivity index (χ4n) is 3.76. The summed E-state index contributed by atoms with van der Waals surface area (Å²) in [5, 5.41) is 3.00. The molecule has 1 aromatic carbocycles. The van der Waals surface area contributed by atoms with Gasteiger partial charge in [-0.1, -0.05) is 24.8 Å². The van der Waals surface area contributed by atoms with Gasteiger partial charge in [0.25, 0.3) is 5.91 Å². The van der Waals surface area contributed by atoms with Gasteiger partial charge in [-0.3, -0.25) is 15.1 Å². The van der Waals surface area contributed by atoms with E-state index in [4.69, 9.17) is 4.74 Å². The maximum Gasteiger partial charge on any atom is 0.258 e. The number of amides is 1. The molecule has 0 spiro atoms. The highest BCUT2D eigenvalue weighted by atomic mass is 16.5. The largest absolute Gasteiger partial charge is 0.479 e. The Bertz CT molecular complexity index is 1150. The van der Waals surface area contributed by atoms with Crippen LogP contribution >= 0.6 is 0 Å². The van der Waals surface area contributed by atoms with Gasteiger partial charge in [0.05, 0.1) is 28.9 Å². The lowest BCUT2D eigenvalue weighted by atomic mass is 10.1. The van der Waals surface area contributed by atoms with Crippen LogP contribution in [-0.2, 0) is 11.3 Å². The van der Waals surface area contributed by atoms with Gasteiger partial charge in [0.1, 0.15) is 0 Å². The first kappa shape index (κ1) is 20.7. The topological polar surface area (TPSA) is 72.3 Å². The number of carbonyl (C=O) groups excluding carboxylic acids is 1. The summed E-state index contributed by atoms with van der Waals surface area (Å²) in [6.07, 6.45) is 6.22. The van der Waals surface area contributed by atoms with E-state index in [0.717, 1.165) is 42.4 Å². The minimum absolute atomic E-state index is 0.231. The molecule has 3 heterocycles. The molecule has 0 unspecified atom stereocenters. The van der Waals surface area contributed by atoms with Crippen molar-refractivity contribution in [3.05, 3.63) is 72.4 Å². The second kappa shape index (κ2) is 9.04. The fraction of sp³-hybridized carbons (Fsp3) is 0.292. The number of nitrogens with one attached hydrogen (secondary N) is 1. The molecule has 0 saturated carbocycles. The van der Waals surface area contributed by atoms with Crippen molar-refractivity contribution in [2.45, 2.75) is 25.8 Å². The van der Waals surface area contributed by atoms with Gasteiger partial charge >= 0.3 is 0 Å². The summed E-state index contributed by atoms with van der Waals surface area (Å²) < 4.78 is 8.18. The number of para-hydroxylation sites is 2. The summed E-state index contributed by atoms with van der Waals surface area (Å²) >= 11 is 0. The Labute approximate surface area is 182 Å². The number of allylic oxidation sites excluding steroid dienone is 2. The molecule has 7 heteroatoms. The number of carbonyl (C=O) groups is 1. The zero-order valence-corrected chi connectivity index (χ0v) is 18.0. The molecule has 0 aliphatic carbocycles. The van der Waals surface area contributed by atoms with Gasteiger partial charge in [0.2, 0.25) is 5.95 Å². The van der Waals surface area contributed by atoms with Crippen LogP contribution in [0.15, 0.2) is 61.1 Å². The smallest absolute Gasteiger partial charge is 0.258 e. The van der Waals surface area contributed by atoms with Crippen molar-refractivity contribution in [1.29, 1.82) is 0 Å². The van der Waals surface area contributed by atoms with Crippen LogP contribution in [0.2, 0.25) is 0 Å². The normalized spacial score (nSPS) is 15.4. The first-order chi connectivity index (χ1) is 15.1. The van der Waals surface area contributed by atoms with Gasteiger partial charge in [-0.05, 0) is 43.5 Å². The number of nitrogens with zero attached hydrogens (tertiary/aromatic N) is 4. The Morgan fingerprint density at radius 1 is 1.19 bits per heavy atom. The Kier molecular flexibility index (Phi) is 6.02. The molecule has 1 amide bonds. The Morgan fingerprint density at radius 2 is 2.03 bits per heavy atom. The maximum atomic E-state index is 13.1. The van der Waals surface area contributed by atoms with Crippen LogP contribution in [0.4, 0.5) is 5.95 Å². The van der Waals surface area contributed by atoms with Crippen LogP contribution in [0.1, 0.15) is 35.3 Å². The lowest BCUT2D eigenvalue weighted by Gasteiger charge is -2.21. The first-order valence-corrected chi connectivity index (χ1v) is 10.5. The van der Waals surface area contributed by atoms with Gasteiger partial charge in [-0.15, -0.1) is 0 Å². The van der Waals surface area contributed by atoms with Crippen molar-refractivity contribution in [2.24, 2.45) is 0 Å². The molecule has 1 N–H and O–H groups in total. The second-order valence-corrected chi connectivity index (χ2v) is 7.69. The summed E-state index contributed by atoms with van der Waals surface area (Å²) in [6.45, 7) is 5.31. The number of fused-ring (bicyclic) bond motifs is 5. The Morgan fingerprint density at radius 3 is 2.84 bits per heavy atom. The highest BCUT2D eigenvalue weighted by Gasteiger charge is 2.18. The van der Waals surface area contributed by atoms with Crippen LogP contribution < -0.4 is 5.32 Å². The fourth-order valence-corrected chi connectivity index (χ4v) is 3.76. The predicted molar refractivity (Wildman–Crippen MR) is 123 cm³/mol. The lowest BCUT2D eigenvalue weighted by molar-refractivity contribution is 0.102. The summed E-state index contributed by atoms with van der Waals surface area (Å²) in [7, 11) is 3.85. The lowest BCUT2D eigenvalue weighted by Crippen LogP contribution is -2.18. The summed E-state index contributed by atoms with van der Waals surface area (Å²) in [4.78, 5) is 24.1. The number of pyridine rings is 1. The van der Waals surface area contributed by atoms with E-state index in [1.807, 2.05) is 43.3 Å². The number of ether oxygens (including phenoxy) is 1. The summed E-state index contributed by atoms with van der Waals surface area (Å²) in [5.41, 5.74) is 3.76. The molecule has 2 aromatic heterocycles. The number of imidazole rings is 1. The SMILES string of the molecule is C=CC1=C(N(C)C)OCCCCCn2c(nc3ccccc32)NC(=O)c2ccnc1c2. The van der Waals surface area contributed by atoms with Gasteiger partial charge in [0, 0.05) is 32.4 Å². The molecule has 3 aromatic rings. The third kappa shape index (κ3) is 4.30. The monoisotopic (exact) mass is 417 g/mol. The van der Waals surface area contributed by atoms with E-state index in [2.05, 4.69) is 26.4 Å². The van der Waals surface area contributed by atoms with E-state index in [0.29, 0.717) is 29.7 Å².